The summed E-state index contributed by atoms with van der Waals surface area (Å²) in [6, 6.07) is 104. The molecule has 0 unspecified atom stereocenters. The van der Waals surface area contributed by atoms with Crippen molar-refractivity contribution in [3.05, 3.63) is 301 Å². The minimum Gasteiger partial charge on any atom is -0.310 e. The van der Waals surface area contributed by atoms with Crippen molar-refractivity contribution in [2.75, 3.05) is 4.90 Å². The number of nitrogens with zero attached hydrogens (tertiary/aromatic N) is 2. The Labute approximate surface area is 435 Å². The molecule has 0 saturated heterocycles. The van der Waals surface area contributed by atoms with Gasteiger partial charge >= 0.3 is 0 Å². The molecule has 2 nitrogen and oxygen atoms in total. The van der Waals surface area contributed by atoms with Crippen LogP contribution in [0, 0.1) is 0 Å². The van der Waals surface area contributed by atoms with Crippen molar-refractivity contribution >= 4 is 71.2 Å². The Morgan fingerprint density at radius 1 is 0.253 bits per heavy atom. The van der Waals surface area contributed by atoms with Crippen LogP contribution in [0.4, 0.5) is 17.1 Å². The summed E-state index contributed by atoms with van der Waals surface area (Å²) < 4.78 is 2.44. The zero-order chi connectivity index (χ0) is 49.2. The molecule has 0 aliphatic heterocycles. The van der Waals surface area contributed by atoms with Crippen molar-refractivity contribution in [3.63, 3.8) is 0 Å². The van der Waals surface area contributed by atoms with E-state index in [0.29, 0.717) is 0 Å². The van der Waals surface area contributed by atoms with Crippen molar-refractivity contribution in [2.24, 2.45) is 0 Å². The van der Waals surface area contributed by atoms with Crippen LogP contribution in [0.2, 0.25) is 0 Å². The Hall–Kier alpha value is -9.76. The normalized spacial score (nSPS) is 12.9. The standard InChI is InChI=1S/C73H46N2/c1-3-20-47(21-4-1)48-22-19-23-49(42-48)63-45-65-60-32-13-17-36-68(60)73(66-34-15-11-30-58(66)59-31-12-16-35-67(59)73)69(65)46-72(63)74(51-38-40-57-55-28-8-7-26-53(55)54-27-9-10-29-56(54)64(57)43-51)52-39-41-62-61-33-14-18-37-70(61)75(71(62)44-52)50-24-5-2-6-25-50/h1-46H. The fourth-order valence-corrected chi connectivity index (χ4v) is 13.5. The lowest BCUT2D eigenvalue weighted by molar-refractivity contribution is 0.794. The third-order valence-electron chi connectivity index (χ3n) is 16.6. The first kappa shape index (κ1) is 41.8. The molecule has 0 N–H and O–H groups in total. The summed E-state index contributed by atoms with van der Waals surface area (Å²) >= 11 is 0. The van der Waals surface area contributed by atoms with Gasteiger partial charge in [-0.25, -0.2) is 0 Å². The second kappa shape index (κ2) is 16.1. The van der Waals surface area contributed by atoms with Crippen LogP contribution in [-0.2, 0) is 5.41 Å². The minimum atomic E-state index is -0.549. The van der Waals surface area contributed by atoms with Gasteiger partial charge in [0.2, 0.25) is 0 Å². The Morgan fingerprint density at radius 2 is 0.720 bits per heavy atom. The van der Waals surface area contributed by atoms with Crippen LogP contribution in [-0.4, -0.2) is 4.57 Å². The maximum Gasteiger partial charge on any atom is 0.0726 e. The van der Waals surface area contributed by atoms with Gasteiger partial charge in [-0.15, -0.1) is 0 Å². The Kier molecular flexibility index (Phi) is 8.99. The van der Waals surface area contributed by atoms with Crippen LogP contribution in [0.1, 0.15) is 22.3 Å². The Morgan fingerprint density at radius 3 is 1.37 bits per heavy atom. The SMILES string of the molecule is c1ccc(-c2cccc(-c3cc4c(cc3N(c3ccc5c6ccccc6c6ccccc6c5c3)c3ccc5c6ccccc6n(-c6ccccc6)c5c3)C3(c5ccccc5-c5ccccc53)c3ccccc3-4)c2)cc1. The molecule has 0 radical (unpaired) electrons. The summed E-state index contributed by atoms with van der Waals surface area (Å²) in [4.78, 5) is 2.57. The quantitative estimate of drug-likeness (QED) is 0.151. The highest BCUT2D eigenvalue weighted by Crippen LogP contribution is 2.64. The van der Waals surface area contributed by atoms with E-state index in [2.05, 4.69) is 289 Å². The molecule has 1 heterocycles. The molecule has 0 amide bonds. The van der Waals surface area contributed by atoms with Crippen LogP contribution in [0.25, 0.3) is 104 Å². The number of anilines is 3. The number of para-hydroxylation sites is 2. The molecule has 0 bridgehead atoms. The molecule has 0 atom stereocenters. The molecule has 16 rings (SSSR count). The molecule has 0 fully saturated rings. The van der Waals surface area contributed by atoms with Crippen molar-refractivity contribution in [2.45, 2.75) is 5.41 Å². The van der Waals surface area contributed by atoms with Gasteiger partial charge in [0.05, 0.1) is 22.1 Å². The second-order valence-corrected chi connectivity index (χ2v) is 20.3. The first-order valence-corrected chi connectivity index (χ1v) is 26.1. The highest BCUT2D eigenvalue weighted by atomic mass is 15.1. The van der Waals surface area contributed by atoms with E-state index in [1.54, 1.807) is 0 Å². The summed E-state index contributed by atoms with van der Waals surface area (Å²) in [5.74, 6) is 0. The van der Waals surface area contributed by atoms with E-state index in [4.69, 9.17) is 0 Å². The third kappa shape index (κ3) is 5.97. The number of aromatic nitrogens is 1. The number of fused-ring (bicyclic) bond motifs is 19. The Bertz CT molecular complexity index is 4580. The highest BCUT2D eigenvalue weighted by molar-refractivity contribution is 6.26. The molecule has 2 aliphatic rings. The average molecular weight is 951 g/mol. The molecule has 0 saturated carbocycles. The lowest BCUT2D eigenvalue weighted by Crippen LogP contribution is -2.26. The minimum absolute atomic E-state index is 0.549. The van der Waals surface area contributed by atoms with Crippen LogP contribution in [0.3, 0.4) is 0 Å². The van der Waals surface area contributed by atoms with E-state index in [0.717, 1.165) is 39.4 Å². The lowest BCUT2D eigenvalue weighted by atomic mass is 9.70. The van der Waals surface area contributed by atoms with Gasteiger partial charge in [-0.3, -0.25) is 0 Å². The van der Waals surface area contributed by atoms with Gasteiger partial charge in [-0.1, -0.05) is 218 Å². The predicted molar refractivity (Wildman–Crippen MR) is 315 cm³/mol. The number of hydrogen-bond acceptors (Lipinski definition) is 1. The largest absolute Gasteiger partial charge is 0.310 e. The van der Waals surface area contributed by atoms with Gasteiger partial charge < -0.3 is 9.47 Å². The van der Waals surface area contributed by atoms with Gasteiger partial charge in [0.15, 0.2) is 0 Å². The molecular formula is C73H46N2. The van der Waals surface area contributed by atoms with Crippen molar-refractivity contribution in [1.29, 1.82) is 0 Å². The van der Waals surface area contributed by atoms with Gasteiger partial charge in [0, 0.05) is 33.4 Å². The summed E-state index contributed by atoms with van der Waals surface area (Å²) in [5, 5.41) is 9.94. The Balaban J connectivity index is 1.06. The smallest absolute Gasteiger partial charge is 0.0726 e. The van der Waals surface area contributed by atoms with E-state index in [9.17, 15) is 0 Å². The zero-order valence-corrected chi connectivity index (χ0v) is 41.0. The van der Waals surface area contributed by atoms with Crippen molar-refractivity contribution in [3.8, 4) is 50.2 Å². The average Bonchev–Trinajstić information content (AvgIpc) is 4.24. The number of rotatable bonds is 6. The lowest BCUT2D eigenvalue weighted by Gasteiger charge is -2.33. The predicted octanol–water partition coefficient (Wildman–Crippen LogP) is 19.4. The molecular weight excluding hydrogens is 905 g/mol. The third-order valence-corrected chi connectivity index (χ3v) is 16.6. The molecule has 1 aromatic heterocycles. The highest BCUT2D eigenvalue weighted by Gasteiger charge is 2.52. The fourth-order valence-electron chi connectivity index (χ4n) is 13.5. The van der Waals surface area contributed by atoms with Crippen molar-refractivity contribution in [1.82, 2.24) is 4.57 Å². The van der Waals surface area contributed by atoms with E-state index in [-0.39, 0.29) is 0 Å². The molecule has 2 heteroatoms. The van der Waals surface area contributed by atoms with E-state index in [1.807, 2.05) is 0 Å². The van der Waals surface area contributed by atoms with E-state index >= 15 is 0 Å². The molecule has 1 spiro atoms. The van der Waals surface area contributed by atoms with Crippen molar-refractivity contribution < 1.29 is 0 Å². The van der Waals surface area contributed by atoms with E-state index < -0.39 is 5.41 Å². The summed E-state index contributed by atoms with van der Waals surface area (Å²) in [5.41, 5.74) is 21.2. The second-order valence-electron chi connectivity index (χ2n) is 20.3. The van der Waals surface area contributed by atoms with Gasteiger partial charge in [0.25, 0.3) is 0 Å². The summed E-state index contributed by atoms with van der Waals surface area (Å²) in [6.07, 6.45) is 0. The molecule has 13 aromatic carbocycles. The van der Waals surface area contributed by atoms with E-state index in [1.165, 1.54) is 104 Å². The van der Waals surface area contributed by atoms with Crippen LogP contribution < -0.4 is 4.90 Å². The monoisotopic (exact) mass is 950 g/mol. The van der Waals surface area contributed by atoms with Crippen LogP contribution in [0.5, 0.6) is 0 Å². The summed E-state index contributed by atoms with van der Waals surface area (Å²) in [7, 11) is 0. The molecule has 2 aliphatic carbocycles. The fraction of sp³-hybridized carbons (Fsp3) is 0.0137. The molecule has 75 heavy (non-hydrogen) atoms. The topological polar surface area (TPSA) is 8.17 Å². The first-order chi connectivity index (χ1) is 37.2. The first-order valence-electron chi connectivity index (χ1n) is 26.1. The van der Waals surface area contributed by atoms with Crippen LogP contribution >= 0.6 is 0 Å². The van der Waals surface area contributed by atoms with Gasteiger partial charge in [-0.05, 0) is 154 Å². The van der Waals surface area contributed by atoms with Crippen LogP contribution in [0.15, 0.2) is 279 Å². The summed E-state index contributed by atoms with van der Waals surface area (Å²) in [6.45, 7) is 0. The zero-order valence-electron chi connectivity index (χ0n) is 41.0. The maximum absolute atomic E-state index is 2.58. The van der Waals surface area contributed by atoms with Gasteiger partial charge in [-0.2, -0.15) is 0 Å². The maximum atomic E-state index is 2.58. The van der Waals surface area contributed by atoms with Gasteiger partial charge in [0.1, 0.15) is 0 Å². The number of benzene rings is 13. The number of hydrogen-bond donors (Lipinski definition) is 0. The molecule has 14 aromatic rings. The molecule has 348 valence electrons.